The van der Waals surface area contributed by atoms with Crippen molar-refractivity contribution in [1.82, 2.24) is 10.6 Å². The van der Waals surface area contributed by atoms with Crippen molar-refractivity contribution in [2.24, 2.45) is 5.73 Å². The summed E-state index contributed by atoms with van der Waals surface area (Å²) in [7, 11) is 0. The fourth-order valence-electron chi connectivity index (χ4n) is 3.49. The first kappa shape index (κ1) is 21.3. The average Bonchev–Trinajstić information content (AvgIpc) is 3.62. The molecule has 0 bridgehead atoms. The summed E-state index contributed by atoms with van der Waals surface area (Å²) in [4.78, 5) is 36.2. The molecular formula is C26H25N3O3. The van der Waals surface area contributed by atoms with Gasteiger partial charge in [-0.2, -0.15) is 0 Å². The molecule has 6 heteroatoms. The van der Waals surface area contributed by atoms with Gasteiger partial charge in [0.15, 0.2) is 0 Å². The molecule has 4 rings (SSSR count). The van der Waals surface area contributed by atoms with Crippen molar-refractivity contribution in [3.8, 4) is 11.1 Å². The molecule has 4 N–H and O–H groups in total. The Kier molecular flexibility index (Phi) is 6.03. The number of hydrogen-bond acceptors (Lipinski definition) is 3. The molecule has 6 nitrogen and oxygen atoms in total. The fraction of sp³-hybridized carbons (Fsp3) is 0.192. The molecule has 32 heavy (non-hydrogen) atoms. The van der Waals surface area contributed by atoms with Gasteiger partial charge in [0.05, 0.1) is 0 Å². The normalized spacial score (nSPS) is 12.8. The van der Waals surface area contributed by atoms with E-state index in [0.29, 0.717) is 29.3 Å². The minimum absolute atomic E-state index is 0.0508. The summed E-state index contributed by atoms with van der Waals surface area (Å²) >= 11 is 0. The van der Waals surface area contributed by atoms with Crippen LogP contribution < -0.4 is 16.4 Å². The number of benzene rings is 3. The Morgan fingerprint density at radius 1 is 0.875 bits per heavy atom. The van der Waals surface area contributed by atoms with Crippen molar-refractivity contribution in [2.75, 3.05) is 0 Å². The molecule has 0 spiro atoms. The number of nitrogens with two attached hydrogens (primary N) is 1. The highest BCUT2D eigenvalue weighted by molar-refractivity contribution is 5.97. The van der Waals surface area contributed by atoms with E-state index in [9.17, 15) is 14.4 Å². The zero-order valence-corrected chi connectivity index (χ0v) is 17.9. The van der Waals surface area contributed by atoms with E-state index in [2.05, 4.69) is 10.6 Å². The third kappa shape index (κ3) is 5.03. The Balaban J connectivity index is 1.44. The number of rotatable bonds is 7. The molecule has 1 aliphatic rings. The number of hydrogen-bond donors (Lipinski definition) is 3. The largest absolute Gasteiger partial charge is 0.366 e. The lowest BCUT2D eigenvalue weighted by atomic mass is 9.97. The van der Waals surface area contributed by atoms with Crippen molar-refractivity contribution in [2.45, 2.75) is 32.4 Å². The van der Waals surface area contributed by atoms with E-state index >= 15 is 0 Å². The second kappa shape index (κ2) is 9.06. The van der Waals surface area contributed by atoms with Crippen LogP contribution in [0.2, 0.25) is 0 Å². The predicted molar refractivity (Wildman–Crippen MR) is 123 cm³/mol. The van der Waals surface area contributed by atoms with Crippen LogP contribution in [0.1, 0.15) is 55.0 Å². The standard InChI is InChI=1S/C26H25N3O3/c1-16-5-6-21(26(32)29-22-11-12-22)14-23(16)18-7-9-19(10-8-18)25(31)28-15-17-3-2-4-20(13-17)24(27)30/h2-10,13-14,22H,11-12,15H2,1H3,(H2,27,30)(H,28,31)(H,29,32). The molecule has 162 valence electrons. The molecule has 0 aromatic heterocycles. The topological polar surface area (TPSA) is 101 Å². The van der Waals surface area contributed by atoms with Crippen molar-refractivity contribution in [3.63, 3.8) is 0 Å². The van der Waals surface area contributed by atoms with Crippen LogP contribution in [0, 0.1) is 6.92 Å². The summed E-state index contributed by atoms with van der Waals surface area (Å²) in [5, 5.41) is 5.87. The summed E-state index contributed by atoms with van der Waals surface area (Å²) < 4.78 is 0. The number of primary amides is 1. The third-order valence-electron chi connectivity index (χ3n) is 5.53. The maximum atomic E-state index is 12.5. The second-order valence-electron chi connectivity index (χ2n) is 8.10. The quantitative estimate of drug-likeness (QED) is 0.537. The lowest BCUT2D eigenvalue weighted by Gasteiger charge is -2.11. The van der Waals surface area contributed by atoms with Gasteiger partial charge in [-0.25, -0.2) is 0 Å². The van der Waals surface area contributed by atoms with E-state index < -0.39 is 5.91 Å². The van der Waals surface area contributed by atoms with Crippen molar-refractivity contribution in [1.29, 1.82) is 0 Å². The predicted octanol–water partition coefficient (Wildman–Crippen LogP) is 3.58. The molecule has 3 aromatic carbocycles. The number of carbonyl (C=O) groups excluding carboxylic acids is 3. The number of carbonyl (C=O) groups is 3. The Hall–Kier alpha value is -3.93. The zero-order chi connectivity index (χ0) is 22.7. The van der Waals surface area contributed by atoms with Crippen LogP contribution in [0.4, 0.5) is 0 Å². The number of nitrogens with one attached hydrogen (secondary N) is 2. The van der Waals surface area contributed by atoms with Crippen LogP contribution in [0.15, 0.2) is 66.7 Å². The van der Waals surface area contributed by atoms with Crippen molar-refractivity contribution >= 4 is 17.7 Å². The van der Waals surface area contributed by atoms with Crippen LogP contribution in [0.5, 0.6) is 0 Å². The molecular weight excluding hydrogens is 402 g/mol. The van der Waals surface area contributed by atoms with Gasteiger partial charge in [0.1, 0.15) is 0 Å². The summed E-state index contributed by atoms with van der Waals surface area (Å²) in [5.41, 5.74) is 10.6. The first-order valence-electron chi connectivity index (χ1n) is 10.6. The molecule has 0 unspecified atom stereocenters. The Morgan fingerprint density at radius 2 is 1.59 bits per heavy atom. The Labute approximate surface area is 186 Å². The summed E-state index contributed by atoms with van der Waals surface area (Å²) in [5.74, 6) is -0.765. The molecule has 1 saturated carbocycles. The number of aryl methyl sites for hydroxylation is 1. The van der Waals surface area contributed by atoms with Gasteiger partial charge in [-0.05, 0) is 78.4 Å². The highest BCUT2D eigenvalue weighted by atomic mass is 16.2. The van der Waals surface area contributed by atoms with Gasteiger partial charge in [-0.3, -0.25) is 14.4 Å². The van der Waals surface area contributed by atoms with Gasteiger partial charge in [0.2, 0.25) is 5.91 Å². The fourth-order valence-corrected chi connectivity index (χ4v) is 3.49. The summed E-state index contributed by atoms with van der Waals surface area (Å²) in [6.07, 6.45) is 2.09. The van der Waals surface area contributed by atoms with E-state index in [-0.39, 0.29) is 11.8 Å². The van der Waals surface area contributed by atoms with Crippen molar-refractivity contribution < 1.29 is 14.4 Å². The van der Waals surface area contributed by atoms with Gasteiger partial charge in [-0.15, -0.1) is 0 Å². The van der Waals surface area contributed by atoms with Crippen LogP contribution in [0.25, 0.3) is 11.1 Å². The van der Waals surface area contributed by atoms with Crippen LogP contribution >= 0.6 is 0 Å². The lowest BCUT2D eigenvalue weighted by molar-refractivity contribution is 0.0943. The summed E-state index contributed by atoms with van der Waals surface area (Å²) in [6.45, 7) is 2.29. The third-order valence-corrected chi connectivity index (χ3v) is 5.53. The van der Waals surface area contributed by atoms with E-state index in [1.54, 1.807) is 30.3 Å². The Bertz CT molecular complexity index is 1180. The highest BCUT2D eigenvalue weighted by Gasteiger charge is 2.24. The van der Waals surface area contributed by atoms with Gasteiger partial charge < -0.3 is 16.4 Å². The van der Waals surface area contributed by atoms with Crippen LogP contribution in [-0.2, 0) is 6.54 Å². The summed E-state index contributed by atoms with van der Waals surface area (Å²) in [6, 6.07) is 20.1. The molecule has 0 radical (unpaired) electrons. The molecule has 3 amide bonds. The Morgan fingerprint density at radius 3 is 2.28 bits per heavy atom. The maximum Gasteiger partial charge on any atom is 0.251 e. The van der Waals surface area contributed by atoms with E-state index in [1.807, 2.05) is 43.3 Å². The van der Waals surface area contributed by atoms with E-state index in [1.165, 1.54) is 0 Å². The minimum Gasteiger partial charge on any atom is -0.366 e. The smallest absolute Gasteiger partial charge is 0.251 e. The van der Waals surface area contributed by atoms with E-state index in [4.69, 9.17) is 5.73 Å². The van der Waals surface area contributed by atoms with Crippen molar-refractivity contribution in [3.05, 3.63) is 94.5 Å². The highest BCUT2D eigenvalue weighted by Crippen LogP contribution is 2.26. The monoisotopic (exact) mass is 427 g/mol. The molecule has 0 saturated heterocycles. The molecule has 3 aromatic rings. The maximum absolute atomic E-state index is 12.5. The first-order chi connectivity index (χ1) is 15.4. The van der Waals surface area contributed by atoms with Crippen LogP contribution in [-0.4, -0.2) is 23.8 Å². The molecule has 0 atom stereocenters. The first-order valence-corrected chi connectivity index (χ1v) is 10.6. The van der Waals surface area contributed by atoms with Gasteiger partial charge >= 0.3 is 0 Å². The zero-order valence-electron chi connectivity index (χ0n) is 17.9. The van der Waals surface area contributed by atoms with Gasteiger partial charge in [0.25, 0.3) is 11.8 Å². The van der Waals surface area contributed by atoms with Gasteiger partial charge in [0, 0.05) is 29.3 Å². The van der Waals surface area contributed by atoms with Gasteiger partial charge in [-0.1, -0.05) is 30.3 Å². The lowest BCUT2D eigenvalue weighted by Crippen LogP contribution is -2.25. The molecule has 0 aliphatic heterocycles. The average molecular weight is 428 g/mol. The molecule has 0 heterocycles. The number of amides is 3. The SMILES string of the molecule is Cc1ccc(C(=O)NC2CC2)cc1-c1ccc(C(=O)NCc2cccc(C(N)=O)c2)cc1. The molecule has 1 fully saturated rings. The second-order valence-corrected chi connectivity index (χ2v) is 8.10. The van der Waals surface area contributed by atoms with E-state index in [0.717, 1.165) is 35.1 Å². The van der Waals surface area contributed by atoms with Crippen LogP contribution in [0.3, 0.4) is 0 Å². The minimum atomic E-state index is -0.502. The molecule has 1 aliphatic carbocycles.